The van der Waals surface area contributed by atoms with E-state index in [0.29, 0.717) is 5.75 Å². The molecule has 2 heteroatoms. The number of phenolic OH excluding ortho intramolecular Hbond substituents is 1. The quantitative estimate of drug-likeness (QED) is 0.523. The molecule has 0 unspecified atom stereocenters. The molecular formula is C17H22OS. The summed E-state index contributed by atoms with van der Waals surface area (Å²) in [7, 11) is 0. The average Bonchev–Trinajstić information content (AvgIpc) is 2.45. The van der Waals surface area contributed by atoms with Crippen LogP contribution in [0.15, 0.2) is 41.3 Å². The van der Waals surface area contributed by atoms with Crippen molar-refractivity contribution in [2.24, 2.45) is 0 Å². The first-order chi connectivity index (χ1) is 9.33. The summed E-state index contributed by atoms with van der Waals surface area (Å²) < 4.78 is 0. The van der Waals surface area contributed by atoms with Gasteiger partial charge in [-0.25, -0.2) is 0 Å². The largest absolute Gasteiger partial charge is 0.507 e. The Bertz CT molecular complexity index is 522. The lowest BCUT2D eigenvalue weighted by atomic mass is 10.1. The maximum Gasteiger partial charge on any atom is 0.123 e. The van der Waals surface area contributed by atoms with Gasteiger partial charge in [-0.3, -0.25) is 0 Å². The van der Waals surface area contributed by atoms with E-state index in [1.165, 1.54) is 48.1 Å². The number of unbranched alkanes of at least 4 members (excludes halogenated alkanes) is 4. The fraction of sp³-hybridized carbons (Fsp3) is 0.412. The van der Waals surface area contributed by atoms with Crippen LogP contribution < -0.4 is 0 Å². The highest BCUT2D eigenvalue weighted by atomic mass is 32.2. The molecule has 2 aromatic rings. The Balaban J connectivity index is 1.96. The van der Waals surface area contributed by atoms with Crippen LogP contribution in [0.2, 0.25) is 0 Å². The van der Waals surface area contributed by atoms with E-state index in [-0.39, 0.29) is 0 Å². The van der Waals surface area contributed by atoms with Crippen molar-refractivity contribution >= 4 is 22.5 Å². The van der Waals surface area contributed by atoms with E-state index >= 15 is 0 Å². The first-order valence-electron chi connectivity index (χ1n) is 7.16. The van der Waals surface area contributed by atoms with Crippen LogP contribution in [0.4, 0.5) is 0 Å². The molecule has 0 bridgehead atoms. The van der Waals surface area contributed by atoms with E-state index < -0.39 is 0 Å². The maximum absolute atomic E-state index is 9.86. The number of benzene rings is 2. The van der Waals surface area contributed by atoms with Gasteiger partial charge in [0.15, 0.2) is 0 Å². The minimum atomic E-state index is 0.378. The maximum atomic E-state index is 9.86. The number of hydrogen-bond donors (Lipinski definition) is 1. The summed E-state index contributed by atoms with van der Waals surface area (Å²) in [5, 5.41) is 12.0. The average molecular weight is 274 g/mol. The molecule has 102 valence electrons. The van der Waals surface area contributed by atoms with Gasteiger partial charge in [-0.1, -0.05) is 56.9 Å². The highest BCUT2D eigenvalue weighted by Gasteiger charge is 2.04. The molecule has 1 nitrogen and oxygen atoms in total. The van der Waals surface area contributed by atoms with Crippen molar-refractivity contribution in [3.63, 3.8) is 0 Å². The Morgan fingerprint density at radius 1 is 0.895 bits per heavy atom. The molecule has 0 spiro atoms. The summed E-state index contributed by atoms with van der Waals surface area (Å²) in [6, 6.07) is 11.9. The van der Waals surface area contributed by atoms with Gasteiger partial charge in [0.05, 0.1) is 0 Å². The smallest absolute Gasteiger partial charge is 0.123 e. The van der Waals surface area contributed by atoms with Crippen molar-refractivity contribution in [3.8, 4) is 5.75 Å². The second-order valence-electron chi connectivity index (χ2n) is 4.89. The Labute approximate surface area is 120 Å². The fourth-order valence-corrected chi connectivity index (χ4v) is 3.34. The van der Waals surface area contributed by atoms with Crippen molar-refractivity contribution in [2.75, 3.05) is 5.75 Å². The van der Waals surface area contributed by atoms with E-state index in [4.69, 9.17) is 0 Å². The van der Waals surface area contributed by atoms with E-state index in [0.717, 1.165) is 5.39 Å². The monoisotopic (exact) mass is 274 g/mol. The highest BCUT2D eigenvalue weighted by molar-refractivity contribution is 7.99. The summed E-state index contributed by atoms with van der Waals surface area (Å²) in [4.78, 5) is 1.28. The Kier molecular flexibility index (Phi) is 5.59. The molecule has 0 aliphatic carbocycles. The predicted molar refractivity (Wildman–Crippen MR) is 85.1 cm³/mol. The molecule has 0 amide bonds. The van der Waals surface area contributed by atoms with Crippen LogP contribution in [0.1, 0.15) is 39.0 Å². The van der Waals surface area contributed by atoms with Crippen LogP contribution in [-0.4, -0.2) is 10.9 Å². The Hall–Kier alpha value is -1.15. The molecule has 0 heterocycles. The standard InChI is InChI=1S/C17H22OS/c1-2-3-4-5-8-13-19-17-12-11-16(18)14-9-6-7-10-15(14)17/h6-7,9-12,18H,2-5,8,13H2,1H3. The summed E-state index contributed by atoms with van der Waals surface area (Å²) in [6.07, 6.45) is 6.62. The number of aromatic hydroxyl groups is 1. The van der Waals surface area contributed by atoms with Gasteiger partial charge in [0.2, 0.25) is 0 Å². The van der Waals surface area contributed by atoms with Crippen LogP contribution >= 0.6 is 11.8 Å². The number of fused-ring (bicyclic) bond motifs is 1. The number of rotatable bonds is 7. The summed E-state index contributed by atoms with van der Waals surface area (Å²) in [5.74, 6) is 1.54. The lowest BCUT2D eigenvalue weighted by molar-refractivity contribution is 0.481. The molecule has 0 saturated heterocycles. The summed E-state index contributed by atoms with van der Waals surface area (Å²) in [5.41, 5.74) is 0. The number of hydrogen-bond acceptors (Lipinski definition) is 2. The van der Waals surface area contributed by atoms with Crippen molar-refractivity contribution in [3.05, 3.63) is 36.4 Å². The van der Waals surface area contributed by atoms with E-state index in [2.05, 4.69) is 13.0 Å². The fourth-order valence-electron chi connectivity index (χ4n) is 2.27. The zero-order valence-electron chi connectivity index (χ0n) is 11.6. The molecule has 1 N–H and O–H groups in total. The molecule has 19 heavy (non-hydrogen) atoms. The third-order valence-electron chi connectivity index (χ3n) is 3.37. The zero-order valence-corrected chi connectivity index (χ0v) is 12.4. The molecule has 0 aliphatic rings. The Morgan fingerprint density at radius 3 is 2.42 bits per heavy atom. The van der Waals surface area contributed by atoms with E-state index in [9.17, 15) is 5.11 Å². The SMILES string of the molecule is CCCCCCCSc1ccc(O)c2ccccc12. The molecule has 0 atom stereocenters. The van der Waals surface area contributed by atoms with Crippen LogP contribution in [0, 0.1) is 0 Å². The zero-order chi connectivity index (χ0) is 13.5. The first kappa shape index (κ1) is 14.3. The summed E-state index contributed by atoms with van der Waals surface area (Å²) in [6.45, 7) is 2.25. The molecule has 0 fully saturated rings. The third kappa shape index (κ3) is 3.90. The molecule has 0 aliphatic heterocycles. The third-order valence-corrected chi connectivity index (χ3v) is 4.53. The van der Waals surface area contributed by atoms with Crippen molar-refractivity contribution in [1.29, 1.82) is 0 Å². The normalized spacial score (nSPS) is 11.0. The molecule has 0 saturated carbocycles. The van der Waals surface area contributed by atoms with Gasteiger partial charge in [-0.05, 0) is 29.7 Å². The molecule has 2 aromatic carbocycles. The molecule has 2 rings (SSSR count). The second kappa shape index (κ2) is 7.44. The van der Waals surface area contributed by atoms with E-state index in [1.807, 2.05) is 42.1 Å². The van der Waals surface area contributed by atoms with Crippen LogP contribution in [0.3, 0.4) is 0 Å². The lowest BCUT2D eigenvalue weighted by Gasteiger charge is -2.07. The van der Waals surface area contributed by atoms with Crippen molar-refractivity contribution in [2.45, 2.75) is 43.9 Å². The van der Waals surface area contributed by atoms with Gasteiger partial charge in [0, 0.05) is 10.3 Å². The molecule has 0 radical (unpaired) electrons. The summed E-state index contributed by atoms with van der Waals surface area (Å²) >= 11 is 1.91. The van der Waals surface area contributed by atoms with Crippen LogP contribution in [0.25, 0.3) is 10.8 Å². The topological polar surface area (TPSA) is 20.2 Å². The van der Waals surface area contributed by atoms with Gasteiger partial charge in [-0.2, -0.15) is 0 Å². The van der Waals surface area contributed by atoms with Crippen LogP contribution in [0.5, 0.6) is 5.75 Å². The minimum absolute atomic E-state index is 0.378. The van der Waals surface area contributed by atoms with Gasteiger partial charge < -0.3 is 5.11 Å². The van der Waals surface area contributed by atoms with Crippen molar-refractivity contribution < 1.29 is 5.11 Å². The van der Waals surface area contributed by atoms with E-state index in [1.54, 1.807) is 0 Å². The molecule has 0 aromatic heterocycles. The highest BCUT2D eigenvalue weighted by Crippen LogP contribution is 2.33. The second-order valence-corrected chi connectivity index (χ2v) is 6.03. The van der Waals surface area contributed by atoms with Gasteiger partial charge >= 0.3 is 0 Å². The lowest BCUT2D eigenvalue weighted by Crippen LogP contribution is -1.84. The van der Waals surface area contributed by atoms with Gasteiger partial charge in [0.1, 0.15) is 5.75 Å². The predicted octanol–water partition coefficient (Wildman–Crippen LogP) is 5.61. The van der Waals surface area contributed by atoms with Gasteiger partial charge in [-0.15, -0.1) is 11.8 Å². The minimum Gasteiger partial charge on any atom is -0.507 e. The first-order valence-corrected chi connectivity index (χ1v) is 8.15. The number of thioether (sulfide) groups is 1. The Morgan fingerprint density at radius 2 is 1.63 bits per heavy atom. The van der Waals surface area contributed by atoms with Crippen LogP contribution in [-0.2, 0) is 0 Å². The number of phenols is 1. The molecular weight excluding hydrogens is 252 g/mol. The van der Waals surface area contributed by atoms with Gasteiger partial charge in [0.25, 0.3) is 0 Å². The van der Waals surface area contributed by atoms with Crippen molar-refractivity contribution in [1.82, 2.24) is 0 Å².